The Kier molecular flexibility index (Phi) is 5.97. The van der Waals surface area contributed by atoms with Crippen LogP contribution >= 0.6 is 0 Å². The summed E-state index contributed by atoms with van der Waals surface area (Å²) in [5.41, 5.74) is 6.74. The topological polar surface area (TPSA) is 99.1 Å². The highest BCUT2D eigenvalue weighted by Gasteiger charge is 2.14. The normalized spacial score (nSPS) is 17.9. The standard InChI is InChI=1S/C13H24N6O/c14-12(8-11-9-16-10-18-11)13(20)17-2-1-5-19-6-3-15-4-7-19/h9-10,12,15H,1-8,14H2,(H,16,18)(H,17,20)/t12-/m0/s1. The van der Waals surface area contributed by atoms with E-state index < -0.39 is 6.04 Å². The molecule has 0 spiro atoms. The molecule has 20 heavy (non-hydrogen) atoms. The average Bonchev–Trinajstić information content (AvgIpc) is 2.97. The van der Waals surface area contributed by atoms with Gasteiger partial charge in [0.2, 0.25) is 5.91 Å². The zero-order valence-electron chi connectivity index (χ0n) is 11.8. The molecule has 5 N–H and O–H groups in total. The van der Waals surface area contributed by atoms with Crippen molar-refractivity contribution < 1.29 is 4.79 Å². The van der Waals surface area contributed by atoms with Gasteiger partial charge in [-0.15, -0.1) is 0 Å². The number of nitrogens with zero attached hydrogens (tertiary/aromatic N) is 2. The van der Waals surface area contributed by atoms with E-state index in [9.17, 15) is 4.79 Å². The second-order valence-electron chi connectivity index (χ2n) is 5.12. The molecule has 1 aromatic heterocycles. The highest BCUT2D eigenvalue weighted by Crippen LogP contribution is 1.97. The summed E-state index contributed by atoms with van der Waals surface area (Å²) in [6.45, 7) is 6.00. The minimum Gasteiger partial charge on any atom is -0.355 e. The van der Waals surface area contributed by atoms with Gasteiger partial charge < -0.3 is 26.3 Å². The maximum atomic E-state index is 11.8. The van der Waals surface area contributed by atoms with Gasteiger partial charge in [0.15, 0.2) is 0 Å². The van der Waals surface area contributed by atoms with Crippen molar-refractivity contribution in [3.8, 4) is 0 Å². The molecule has 0 aromatic carbocycles. The smallest absolute Gasteiger partial charge is 0.237 e. The van der Waals surface area contributed by atoms with Gasteiger partial charge in [0.05, 0.1) is 12.4 Å². The SMILES string of the molecule is N[C@@H](Cc1cnc[nH]1)C(=O)NCCCN1CCNCC1. The molecule has 1 atom stereocenters. The van der Waals surface area contributed by atoms with Crippen molar-refractivity contribution in [1.82, 2.24) is 25.5 Å². The summed E-state index contributed by atoms with van der Waals surface area (Å²) in [7, 11) is 0. The van der Waals surface area contributed by atoms with Gasteiger partial charge in [0, 0.05) is 51.0 Å². The van der Waals surface area contributed by atoms with Crippen molar-refractivity contribution in [2.24, 2.45) is 5.73 Å². The van der Waals surface area contributed by atoms with Gasteiger partial charge in [-0.2, -0.15) is 0 Å². The Labute approximate surface area is 119 Å². The van der Waals surface area contributed by atoms with Gasteiger partial charge in [-0.25, -0.2) is 4.98 Å². The molecule has 1 saturated heterocycles. The first-order valence-corrected chi connectivity index (χ1v) is 7.19. The van der Waals surface area contributed by atoms with E-state index in [0.29, 0.717) is 13.0 Å². The molecular weight excluding hydrogens is 256 g/mol. The lowest BCUT2D eigenvalue weighted by Gasteiger charge is -2.27. The van der Waals surface area contributed by atoms with Crippen molar-refractivity contribution in [2.75, 3.05) is 39.3 Å². The number of nitrogens with one attached hydrogen (secondary N) is 3. The number of nitrogens with two attached hydrogens (primary N) is 1. The van der Waals surface area contributed by atoms with E-state index in [4.69, 9.17) is 5.73 Å². The van der Waals surface area contributed by atoms with E-state index in [1.807, 2.05) is 0 Å². The van der Waals surface area contributed by atoms with Crippen molar-refractivity contribution >= 4 is 5.91 Å². The van der Waals surface area contributed by atoms with Crippen LogP contribution in [0.5, 0.6) is 0 Å². The number of piperazine rings is 1. The van der Waals surface area contributed by atoms with Crippen LogP contribution in [-0.4, -0.2) is 66.1 Å². The third kappa shape index (κ3) is 4.92. The summed E-state index contributed by atoms with van der Waals surface area (Å²) in [4.78, 5) is 21.1. The van der Waals surface area contributed by atoms with Crippen LogP contribution in [0, 0.1) is 0 Å². The molecule has 1 fully saturated rings. The van der Waals surface area contributed by atoms with Gasteiger partial charge in [-0.05, 0) is 13.0 Å². The Hall–Kier alpha value is -1.44. The van der Waals surface area contributed by atoms with Crippen LogP contribution in [0.3, 0.4) is 0 Å². The molecule has 1 aliphatic heterocycles. The molecule has 2 heterocycles. The van der Waals surface area contributed by atoms with E-state index in [-0.39, 0.29) is 5.91 Å². The zero-order valence-corrected chi connectivity index (χ0v) is 11.8. The fourth-order valence-corrected chi connectivity index (χ4v) is 2.31. The largest absolute Gasteiger partial charge is 0.355 e. The summed E-state index contributed by atoms with van der Waals surface area (Å²) < 4.78 is 0. The van der Waals surface area contributed by atoms with Gasteiger partial charge >= 0.3 is 0 Å². The molecule has 7 nitrogen and oxygen atoms in total. The summed E-state index contributed by atoms with van der Waals surface area (Å²) in [6, 6.07) is -0.519. The van der Waals surface area contributed by atoms with E-state index in [1.54, 1.807) is 12.5 Å². The Morgan fingerprint density at radius 3 is 3.00 bits per heavy atom. The number of H-pyrrole nitrogens is 1. The molecule has 0 unspecified atom stereocenters. The van der Waals surface area contributed by atoms with Crippen LogP contribution in [0.4, 0.5) is 0 Å². The summed E-state index contributed by atoms with van der Waals surface area (Å²) in [5, 5.41) is 6.22. The molecule has 1 aromatic rings. The predicted octanol–water partition coefficient (Wildman–Crippen LogP) is -1.31. The first kappa shape index (κ1) is 15.0. The lowest BCUT2D eigenvalue weighted by Crippen LogP contribution is -2.45. The van der Waals surface area contributed by atoms with Crippen LogP contribution in [0.1, 0.15) is 12.1 Å². The van der Waals surface area contributed by atoms with E-state index in [0.717, 1.165) is 44.8 Å². The molecular formula is C13H24N6O. The maximum absolute atomic E-state index is 11.8. The van der Waals surface area contributed by atoms with Gasteiger partial charge in [0.25, 0.3) is 0 Å². The number of carbonyl (C=O) groups excluding carboxylic acids is 1. The highest BCUT2D eigenvalue weighted by molar-refractivity contribution is 5.81. The molecule has 0 saturated carbocycles. The van der Waals surface area contributed by atoms with Gasteiger partial charge in [-0.1, -0.05) is 0 Å². The highest BCUT2D eigenvalue weighted by atomic mass is 16.2. The Morgan fingerprint density at radius 1 is 1.50 bits per heavy atom. The lowest BCUT2D eigenvalue weighted by molar-refractivity contribution is -0.122. The first-order chi connectivity index (χ1) is 9.75. The fraction of sp³-hybridized carbons (Fsp3) is 0.692. The molecule has 0 aliphatic carbocycles. The summed E-state index contributed by atoms with van der Waals surface area (Å²) in [6.07, 6.45) is 4.73. The van der Waals surface area contributed by atoms with Crippen molar-refractivity contribution in [3.63, 3.8) is 0 Å². The summed E-state index contributed by atoms with van der Waals surface area (Å²) in [5.74, 6) is -0.0973. The number of hydrogen-bond acceptors (Lipinski definition) is 5. The number of imidazole rings is 1. The fourth-order valence-electron chi connectivity index (χ4n) is 2.31. The third-order valence-corrected chi connectivity index (χ3v) is 3.49. The van der Waals surface area contributed by atoms with Crippen LogP contribution in [-0.2, 0) is 11.2 Å². The minimum atomic E-state index is -0.519. The number of aromatic amines is 1. The minimum absolute atomic E-state index is 0.0973. The van der Waals surface area contributed by atoms with Gasteiger partial charge in [-0.3, -0.25) is 4.79 Å². The van der Waals surface area contributed by atoms with Crippen molar-refractivity contribution in [1.29, 1.82) is 0 Å². The van der Waals surface area contributed by atoms with Crippen molar-refractivity contribution in [2.45, 2.75) is 18.9 Å². The number of rotatable bonds is 7. The Morgan fingerprint density at radius 2 is 2.30 bits per heavy atom. The van der Waals surface area contributed by atoms with E-state index in [2.05, 4.69) is 25.5 Å². The number of amides is 1. The Bertz CT molecular complexity index is 388. The number of aromatic nitrogens is 2. The molecule has 0 bridgehead atoms. The van der Waals surface area contributed by atoms with E-state index >= 15 is 0 Å². The average molecular weight is 280 g/mol. The monoisotopic (exact) mass is 280 g/mol. The molecule has 2 rings (SSSR count). The lowest BCUT2D eigenvalue weighted by atomic mass is 10.1. The molecule has 1 amide bonds. The predicted molar refractivity (Wildman–Crippen MR) is 77.2 cm³/mol. The van der Waals surface area contributed by atoms with Crippen LogP contribution < -0.4 is 16.4 Å². The number of carbonyl (C=O) groups is 1. The third-order valence-electron chi connectivity index (χ3n) is 3.49. The van der Waals surface area contributed by atoms with Gasteiger partial charge in [0.1, 0.15) is 0 Å². The molecule has 7 heteroatoms. The molecule has 1 aliphatic rings. The summed E-state index contributed by atoms with van der Waals surface area (Å²) >= 11 is 0. The molecule has 112 valence electrons. The van der Waals surface area contributed by atoms with Crippen LogP contribution in [0.25, 0.3) is 0 Å². The zero-order chi connectivity index (χ0) is 14.2. The maximum Gasteiger partial charge on any atom is 0.237 e. The first-order valence-electron chi connectivity index (χ1n) is 7.19. The number of hydrogen-bond donors (Lipinski definition) is 4. The molecule has 0 radical (unpaired) electrons. The van der Waals surface area contributed by atoms with Crippen molar-refractivity contribution in [3.05, 3.63) is 18.2 Å². The van der Waals surface area contributed by atoms with E-state index in [1.165, 1.54) is 0 Å². The van der Waals surface area contributed by atoms with Crippen LogP contribution in [0.2, 0.25) is 0 Å². The second kappa shape index (κ2) is 7.98. The Balaban J connectivity index is 1.57. The van der Waals surface area contributed by atoms with Crippen LogP contribution in [0.15, 0.2) is 12.5 Å². The quantitative estimate of drug-likeness (QED) is 0.465. The second-order valence-corrected chi connectivity index (χ2v) is 5.12.